The zero-order chi connectivity index (χ0) is 16.2. The fraction of sp³-hybridized carbons (Fsp3) is 0.400. The lowest BCUT2D eigenvalue weighted by Gasteiger charge is -2.16. The molecule has 7 heteroatoms. The first-order valence-corrected chi connectivity index (χ1v) is 8.68. The number of ether oxygens (including phenoxy) is 1. The molecule has 0 N–H and O–H groups in total. The average Bonchev–Trinajstić information content (AvgIpc) is 2.47. The van der Waals surface area contributed by atoms with E-state index in [1.807, 2.05) is 6.92 Å². The Balaban J connectivity index is 2.59. The molecule has 1 aromatic carbocycles. The highest BCUT2D eigenvalue weighted by Crippen LogP contribution is 2.46. The van der Waals surface area contributed by atoms with Crippen molar-refractivity contribution in [2.75, 3.05) is 19.8 Å². The molecule has 0 saturated heterocycles. The third kappa shape index (κ3) is 3.40. The summed E-state index contributed by atoms with van der Waals surface area (Å²) in [4.78, 5) is 12.1. The lowest BCUT2D eigenvalue weighted by molar-refractivity contribution is 0.229. The van der Waals surface area contributed by atoms with E-state index >= 15 is 0 Å². The van der Waals surface area contributed by atoms with Gasteiger partial charge in [-0.25, -0.2) is 4.79 Å². The minimum absolute atomic E-state index is 0.0997. The quantitative estimate of drug-likeness (QED) is 0.575. The van der Waals surface area contributed by atoms with Crippen molar-refractivity contribution in [3.63, 3.8) is 0 Å². The van der Waals surface area contributed by atoms with Gasteiger partial charge in [-0.2, -0.15) is 0 Å². The van der Waals surface area contributed by atoms with Crippen LogP contribution in [0.15, 0.2) is 33.5 Å². The van der Waals surface area contributed by atoms with Crippen molar-refractivity contribution in [1.29, 1.82) is 0 Å². The van der Waals surface area contributed by atoms with E-state index in [2.05, 4.69) is 0 Å². The maximum atomic E-state index is 12.8. The monoisotopic (exact) mass is 326 g/mol. The van der Waals surface area contributed by atoms with Crippen LogP contribution in [0.25, 0.3) is 11.0 Å². The molecule has 0 aliphatic heterocycles. The van der Waals surface area contributed by atoms with Crippen LogP contribution in [0.1, 0.15) is 20.8 Å². The summed E-state index contributed by atoms with van der Waals surface area (Å²) in [6, 6.07) is 6.54. The SMILES string of the molecule is CCOc1ccc2oc(=O)c(P(=O)(OCC)OCC)cc2c1. The number of hydrogen-bond donors (Lipinski definition) is 0. The highest BCUT2D eigenvalue weighted by atomic mass is 31.2. The summed E-state index contributed by atoms with van der Waals surface area (Å²) < 4.78 is 33.8. The van der Waals surface area contributed by atoms with Crippen molar-refractivity contribution in [3.8, 4) is 5.75 Å². The molecule has 120 valence electrons. The van der Waals surface area contributed by atoms with Gasteiger partial charge in [-0.1, -0.05) is 0 Å². The van der Waals surface area contributed by atoms with Crippen LogP contribution in [-0.2, 0) is 13.6 Å². The van der Waals surface area contributed by atoms with Crippen LogP contribution >= 0.6 is 7.60 Å². The lowest BCUT2D eigenvalue weighted by atomic mass is 10.2. The van der Waals surface area contributed by atoms with Gasteiger partial charge in [0.15, 0.2) is 5.30 Å². The summed E-state index contributed by atoms with van der Waals surface area (Å²) in [5.41, 5.74) is -0.335. The van der Waals surface area contributed by atoms with E-state index in [0.717, 1.165) is 0 Å². The van der Waals surface area contributed by atoms with Crippen molar-refractivity contribution in [2.45, 2.75) is 20.8 Å². The van der Waals surface area contributed by atoms with Gasteiger partial charge in [-0.05, 0) is 45.0 Å². The van der Waals surface area contributed by atoms with Crippen molar-refractivity contribution in [2.24, 2.45) is 0 Å². The molecule has 0 fully saturated rings. The van der Waals surface area contributed by atoms with Gasteiger partial charge in [0.2, 0.25) is 0 Å². The second-order valence-corrected chi connectivity index (χ2v) is 6.38. The molecule has 0 spiro atoms. The largest absolute Gasteiger partial charge is 0.494 e. The topological polar surface area (TPSA) is 75.0 Å². The Labute approximate surface area is 128 Å². The van der Waals surface area contributed by atoms with Crippen LogP contribution in [0.5, 0.6) is 5.75 Å². The molecule has 1 aromatic heterocycles. The minimum Gasteiger partial charge on any atom is -0.494 e. The summed E-state index contributed by atoms with van der Waals surface area (Å²) in [7, 11) is -3.69. The van der Waals surface area contributed by atoms with Crippen LogP contribution in [0, 0.1) is 0 Å². The van der Waals surface area contributed by atoms with Gasteiger partial charge >= 0.3 is 13.2 Å². The van der Waals surface area contributed by atoms with Gasteiger partial charge in [0.05, 0.1) is 19.8 Å². The minimum atomic E-state index is -3.69. The van der Waals surface area contributed by atoms with Crippen molar-refractivity contribution < 1.29 is 22.8 Å². The van der Waals surface area contributed by atoms with Crippen LogP contribution in [0.3, 0.4) is 0 Å². The van der Waals surface area contributed by atoms with Crippen molar-refractivity contribution in [1.82, 2.24) is 0 Å². The van der Waals surface area contributed by atoms with Gasteiger partial charge in [0.25, 0.3) is 0 Å². The molecule has 0 atom stereocenters. The molecule has 6 nitrogen and oxygen atoms in total. The van der Waals surface area contributed by atoms with E-state index < -0.39 is 13.2 Å². The van der Waals surface area contributed by atoms with E-state index in [-0.39, 0.29) is 18.5 Å². The van der Waals surface area contributed by atoms with Gasteiger partial charge < -0.3 is 18.2 Å². The van der Waals surface area contributed by atoms with Gasteiger partial charge in [0, 0.05) is 5.39 Å². The van der Waals surface area contributed by atoms with E-state index in [4.69, 9.17) is 18.2 Å². The molecule has 0 aliphatic rings. The van der Waals surface area contributed by atoms with Crippen molar-refractivity contribution in [3.05, 3.63) is 34.7 Å². The molecule has 2 rings (SSSR count). The molecule has 0 bridgehead atoms. The number of rotatable bonds is 7. The third-order valence-electron chi connectivity index (χ3n) is 2.89. The molecule has 1 heterocycles. The van der Waals surface area contributed by atoms with Crippen LogP contribution in [-0.4, -0.2) is 19.8 Å². The Morgan fingerprint density at radius 3 is 2.32 bits per heavy atom. The fourth-order valence-corrected chi connectivity index (χ4v) is 3.65. The number of benzene rings is 1. The van der Waals surface area contributed by atoms with Crippen LogP contribution < -0.4 is 15.7 Å². The third-order valence-corrected chi connectivity index (χ3v) is 4.99. The molecule has 0 aliphatic carbocycles. The maximum Gasteiger partial charge on any atom is 0.368 e. The van der Waals surface area contributed by atoms with E-state index in [0.29, 0.717) is 23.3 Å². The zero-order valence-electron chi connectivity index (χ0n) is 12.8. The molecule has 22 heavy (non-hydrogen) atoms. The van der Waals surface area contributed by atoms with Crippen molar-refractivity contribution >= 4 is 23.9 Å². The molecule has 0 unspecified atom stereocenters. The van der Waals surface area contributed by atoms with Crippen LogP contribution in [0.2, 0.25) is 0 Å². The summed E-state index contributed by atoms with van der Waals surface area (Å²) in [6.07, 6.45) is 0. The summed E-state index contributed by atoms with van der Waals surface area (Å²) in [5.74, 6) is 0.637. The number of hydrogen-bond acceptors (Lipinski definition) is 6. The Bertz CT molecular complexity index is 741. The van der Waals surface area contributed by atoms with Gasteiger partial charge in [0.1, 0.15) is 11.3 Å². The summed E-state index contributed by atoms with van der Waals surface area (Å²) in [6.45, 7) is 6.08. The second kappa shape index (κ2) is 7.09. The first-order valence-electron chi connectivity index (χ1n) is 7.14. The lowest BCUT2D eigenvalue weighted by Crippen LogP contribution is -2.26. The molecular formula is C15H19O6P. The Hall–Kier alpha value is -1.62. The Morgan fingerprint density at radius 1 is 1.05 bits per heavy atom. The first kappa shape index (κ1) is 16.7. The highest BCUT2D eigenvalue weighted by Gasteiger charge is 2.31. The molecule has 0 amide bonds. The maximum absolute atomic E-state index is 12.8. The van der Waals surface area contributed by atoms with Crippen LogP contribution in [0.4, 0.5) is 0 Å². The standard InChI is InChI=1S/C15H19O6P/c1-4-18-12-7-8-13-11(9-12)10-14(15(16)21-13)22(17,19-5-2)20-6-3/h7-10H,4-6H2,1-3H3. The second-order valence-electron chi connectivity index (χ2n) is 4.38. The number of fused-ring (bicyclic) bond motifs is 1. The zero-order valence-corrected chi connectivity index (χ0v) is 13.7. The van der Waals surface area contributed by atoms with Gasteiger partial charge in [-0.3, -0.25) is 4.57 Å². The molecule has 0 radical (unpaired) electrons. The molecule has 0 saturated carbocycles. The molecular weight excluding hydrogens is 307 g/mol. The summed E-state index contributed by atoms with van der Waals surface area (Å²) >= 11 is 0. The average molecular weight is 326 g/mol. The highest BCUT2D eigenvalue weighted by molar-refractivity contribution is 7.62. The first-order chi connectivity index (χ1) is 10.5. The fourth-order valence-electron chi connectivity index (χ4n) is 2.05. The van der Waals surface area contributed by atoms with Gasteiger partial charge in [-0.15, -0.1) is 0 Å². The molecule has 2 aromatic rings. The van der Waals surface area contributed by atoms with E-state index in [1.165, 1.54) is 6.07 Å². The summed E-state index contributed by atoms with van der Waals surface area (Å²) in [5, 5.41) is 0.498. The predicted octanol–water partition coefficient (Wildman–Crippen LogP) is 3.08. The Morgan fingerprint density at radius 2 is 1.73 bits per heavy atom. The van der Waals surface area contributed by atoms with E-state index in [9.17, 15) is 9.36 Å². The van der Waals surface area contributed by atoms with E-state index in [1.54, 1.807) is 32.0 Å². The predicted molar refractivity (Wildman–Crippen MR) is 84.1 cm³/mol. The smallest absolute Gasteiger partial charge is 0.368 e. The Kier molecular flexibility index (Phi) is 5.40. The normalized spacial score (nSPS) is 11.8.